The van der Waals surface area contributed by atoms with Crippen LogP contribution in [0.1, 0.15) is 5.56 Å². The lowest BCUT2D eigenvalue weighted by Crippen LogP contribution is -2.34. The minimum absolute atomic E-state index is 0.0347. The molecule has 0 aliphatic carbocycles. The fourth-order valence-corrected chi connectivity index (χ4v) is 2.29. The molecule has 2 heterocycles. The molecule has 1 aliphatic heterocycles. The molecule has 1 fully saturated rings. The number of nitrogens with one attached hydrogen (secondary N) is 1. The van der Waals surface area contributed by atoms with Gasteiger partial charge in [0, 0.05) is 11.8 Å². The number of hydrogen-bond acceptors (Lipinski definition) is 5. The molecule has 2 atom stereocenters. The van der Waals surface area contributed by atoms with Crippen LogP contribution in [0.4, 0.5) is 0 Å². The van der Waals surface area contributed by atoms with Gasteiger partial charge in [-0.1, -0.05) is 0 Å². The van der Waals surface area contributed by atoms with Crippen molar-refractivity contribution in [2.24, 2.45) is 0 Å². The third-order valence-electron chi connectivity index (χ3n) is 2.60. The number of ether oxygens (including phenoxy) is 2. The van der Waals surface area contributed by atoms with Crippen LogP contribution >= 0.6 is 7.60 Å². The third kappa shape index (κ3) is 3.20. The Morgan fingerprint density at radius 3 is 2.79 bits per heavy atom. The predicted octanol–water partition coefficient (Wildman–Crippen LogP) is -1.28. The van der Waals surface area contributed by atoms with Crippen molar-refractivity contribution < 1.29 is 23.8 Å². The maximum atomic E-state index is 11.5. The molecule has 9 nitrogen and oxygen atoms in total. The van der Waals surface area contributed by atoms with Gasteiger partial charge in [-0.3, -0.25) is 18.9 Å². The molecule has 0 aromatic carbocycles. The zero-order chi connectivity index (χ0) is 14.2. The average Bonchev–Trinajstić information content (AvgIpc) is 2.74. The van der Waals surface area contributed by atoms with Gasteiger partial charge in [-0.25, -0.2) is 4.79 Å². The summed E-state index contributed by atoms with van der Waals surface area (Å²) in [7, 11) is -4.47. The van der Waals surface area contributed by atoms with E-state index >= 15 is 0 Å². The van der Waals surface area contributed by atoms with Crippen LogP contribution in [0.3, 0.4) is 0 Å². The first-order chi connectivity index (χ1) is 8.77. The molecule has 3 N–H and O–H groups in total. The number of nitrogens with zero attached hydrogens (tertiary/aromatic N) is 1. The van der Waals surface area contributed by atoms with Gasteiger partial charge < -0.3 is 19.3 Å². The van der Waals surface area contributed by atoms with Crippen molar-refractivity contribution in [2.45, 2.75) is 25.6 Å². The van der Waals surface area contributed by atoms with Gasteiger partial charge in [0.1, 0.15) is 6.10 Å². The second-order valence-electron chi connectivity index (χ2n) is 4.21. The minimum Gasteiger partial charge on any atom is -0.340 e. The quantitative estimate of drug-likeness (QED) is 0.591. The van der Waals surface area contributed by atoms with E-state index in [1.807, 2.05) is 0 Å². The lowest BCUT2D eigenvalue weighted by Gasteiger charge is -2.13. The van der Waals surface area contributed by atoms with E-state index in [4.69, 9.17) is 19.3 Å². The summed E-state index contributed by atoms with van der Waals surface area (Å²) in [5, 5.41) is 0. The van der Waals surface area contributed by atoms with Gasteiger partial charge in [0.25, 0.3) is 11.6 Å². The predicted molar refractivity (Wildman–Crippen MR) is 62.7 cm³/mol. The number of aromatic nitrogens is 2. The van der Waals surface area contributed by atoms with Crippen LogP contribution in [0.15, 0.2) is 15.8 Å². The first-order valence-electron chi connectivity index (χ1n) is 5.40. The van der Waals surface area contributed by atoms with E-state index in [0.29, 0.717) is 5.56 Å². The number of H-pyrrole nitrogens is 1. The van der Waals surface area contributed by atoms with Crippen LogP contribution in [-0.4, -0.2) is 38.1 Å². The van der Waals surface area contributed by atoms with Crippen molar-refractivity contribution in [3.8, 4) is 0 Å². The highest BCUT2D eigenvalue weighted by Crippen LogP contribution is 2.45. The Balaban J connectivity index is 2.12. The second kappa shape index (κ2) is 5.03. The normalized spacial score (nSPS) is 23.7. The van der Waals surface area contributed by atoms with E-state index in [0.717, 1.165) is 0 Å². The molecule has 19 heavy (non-hydrogen) atoms. The molecule has 0 spiro atoms. The third-order valence-corrected chi connectivity index (χ3v) is 3.42. The van der Waals surface area contributed by atoms with Gasteiger partial charge in [0.05, 0.1) is 13.2 Å². The number of aromatic amines is 1. The van der Waals surface area contributed by atoms with E-state index < -0.39 is 31.0 Å². The molecular formula is C9H13N2O7P. The molecule has 1 aromatic rings. The van der Waals surface area contributed by atoms with Gasteiger partial charge in [0.15, 0.2) is 0 Å². The van der Waals surface area contributed by atoms with Crippen molar-refractivity contribution in [1.29, 1.82) is 0 Å². The van der Waals surface area contributed by atoms with E-state index in [1.165, 1.54) is 10.8 Å². The van der Waals surface area contributed by atoms with Crippen LogP contribution < -0.4 is 11.2 Å². The summed E-state index contributed by atoms with van der Waals surface area (Å²) in [6.07, 6.45) is 0.690. The molecule has 0 amide bonds. The van der Waals surface area contributed by atoms with Gasteiger partial charge >= 0.3 is 13.3 Å². The van der Waals surface area contributed by atoms with Crippen molar-refractivity contribution in [1.82, 2.24) is 9.55 Å². The Labute approximate surface area is 107 Å². The van der Waals surface area contributed by atoms with Crippen molar-refractivity contribution in [3.05, 3.63) is 32.6 Å². The fourth-order valence-electron chi connectivity index (χ4n) is 1.68. The molecule has 0 saturated carbocycles. The zero-order valence-electron chi connectivity index (χ0n) is 9.98. The van der Waals surface area contributed by atoms with E-state index in [9.17, 15) is 14.2 Å². The summed E-state index contributed by atoms with van der Waals surface area (Å²) in [6, 6.07) is -1.60. The van der Waals surface area contributed by atoms with Crippen LogP contribution in [-0.2, 0) is 20.6 Å². The molecule has 0 bridgehead atoms. The van der Waals surface area contributed by atoms with E-state index in [1.54, 1.807) is 6.92 Å². The molecule has 1 aliphatic rings. The molecule has 106 valence electrons. The monoisotopic (exact) mass is 292 g/mol. The Morgan fingerprint density at radius 1 is 1.53 bits per heavy atom. The average molecular weight is 292 g/mol. The van der Waals surface area contributed by atoms with Crippen LogP contribution in [0, 0.1) is 6.92 Å². The van der Waals surface area contributed by atoms with Crippen molar-refractivity contribution >= 4 is 7.60 Å². The van der Waals surface area contributed by atoms with Gasteiger partial charge in [-0.05, 0) is 6.92 Å². The highest BCUT2D eigenvalue weighted by Gasteiger charge is 2.39. The summed E-state index contributed by atoms with van der Waals surface area (Å²) >= 11 is 0. The van der Waals surface area contributed by atoms with Gasteiger partial charge in [-0.15, -0.1) is 0 Å². The highest BCUT2D eigenvalue weighted by atomic mass is 31.2. The summed E-state index contributed by atoms with van der Waals surface area (Å²) in [5.41, 5.74) is -0.734. The Hall–Kier alpha value is -1.25. The van der Waals surface area contributed by atoms with E-state index in [2.05, 4.69) is 4.98 Å². The first kappa shape index (κ1) is 14.2. The number of hydrogen-bond donors (Lipinski definition) is 3. The second-order valence-corrected chi connectivity index (χ2v) is 5.81. The molecule has 2 rings (SSSR count). The van der Waals surface area contributed by atoms with Crippen LogP contribution in [0.2, 0.25) is 0 Å². The molecular weight excluding hydrogens is 279 g/mol. The molecule has 2 unspecified atom stereocenters. The Kier molecular flexibility index (Phi) is 3.75. The molecule has 1 aromatic heterocycles. The molecule has 0 radical (unpaired) electrons. The summed E-state index contributed by atoms with van der Waals surface area (Å²) in [4.78, 5) is 42.6. The smallest absolute Gasteiger partial charge is 0.340 e. The Bertz CT molecular complexity index is 630. The van der Waals surface area contributed by atoms with Crippen molar-refractivity contribution in [3.63, 3.8) is 0 Å². The first-order valence-corrected chi connectivity index (χ1v) is 7.08. The van der Waals surface area contributed by atoms with Crippen molar-refractivity contribution in [2.75, 3.05) is 6.61 Å². The van der Waals surface area contributed by atoms with E-state index in [-0.39, 0.29) is 13.2 Å². The van der Waals surface area contributed by atoms with Crippen LogP contribution in [0.25, 0.3) is 0 Å². The standard InChI is InChI=1S/C9H13N2O7P/c1-5-2-11(8(13)10-7(5)12)3-6-4-17-9(18-6)19(14,15)16/h2,6,9H,3-4H2,1H3,(H,10,12,13)(H2,14,15,16). The van der Waals surface area contributed by atoms with Crippen LogP contribution in [0.5, 0.6) is 0 Å². The maximum absolute atomic E-state index is 11.5. The molecule has 1 saturated heterocycles. The summed E-state index contributed by atoms with van der Waals surface area (Å²) in [5.74, 6) is 0. The zero-order valence-corrected chi connectivity index (χ0v) is 10.9. The SMILES string of the molecule is Cc1cn(CC2COC(P(=O)(O)O)O2)c(=O)[nH]c1=O. The lowest BCUT2D eigenvalue weighted by molar-refractivity contribution is -0.0150. The molecule has 10 heteroatoms. The number of rotatable bonds is 3. The minimum atomic E-state index is -4.47. The van der Waals surface area contributed by atoms with Gasteiger partial charge in [0.2, 0.25) is 0 Å². The lowest BCUT2D eigenvalue weighted by atomic mass is 10.3. The number of aryl methyl sites for hydroxylation is 1. The summed E-state index contributed by atoms with van der Waals surface area (Å²) in [6.45, 7) is 1.53. The highest BCUT2D eigenvalue weighted by molar-refractivity contribution is 7.52. The van der Waals surface area contributed by atoms with Gasteiger partial charge in [-0.2, -0.15) is 0 Å². The Morgan fingerprint density at radius 2 is 2.21 bits per heavy atom. The maximum Gasteiger partial charge on any atom is 0.381 e. The largest absolute Gasteiger partial charge is 0.381 e. The topological polar surface area (TPSA) is 131 Å². The summed E-state index contributed by atoms with van der Waals surface area (Å²) < 4.78 is 22.0. The fraction of sp³-hybridized carbons (Fsp3) is 0.556.